The Labute approximate surface area is 115 Å². The van der Waals surface area contributed by atoms with Crippen molar-refractivity contribution >= 4 is 17.3 Å². The van der Waals surface area contributed by atoms with Crippen LogP contribution in [-0.2, 0) is 31.5 Å². The minimum absolute atomic E-state index is 0.318. The maximum atomic E-state index is 12.8. The molecule has 0 aliphatic heterocycles. The molecule has 1 aromatic rings. The first-order chi connectivity index (χ1) is 9.30. The Morgan fingerprint density at radius 3 is 2.40 bits per heavy atom. The second-order valence-corrected chi connectivity index (χ2v) is 4.37. The van der Waals surface area contributed by atoms with Gasteiger partial charge < -0.3 is 4.74 Å². The van der Waals surface area contributed by atoms with Crippen LogP contribution in [0.1, 0.15) is 5.56 Å². The third-order valence-corrected chi connectivity index (χ3v) is 2.61. The molecule has 0 aliphatic rings. The van der Waals surface area contributed by atoms with Gasteiger partial charge in [-0.25, -0.2) is 4.18 Å². The van der Waals surface area contributed by atoms with Gasteiger partial charge in [0.25, 0.3) is 0 Å². The van der Waals surface area contributed by atoms with Gasteiger partial charge in [0.1, 0.15) is 0 Å². The third-order valence-electron chi connectivity index (χ3n) is 2.31. The summed E-state index contributed by atoms with van der Waals surface area (Å²) in [4.78, 5) is 11.4. The van der Waals surface area contributed by atoms with Crippen molar-refractivity contribution < 1.29 is 35.6 Å². The molecular formula is C11H11F3O5S. The van der Waals surface area contributed by atoms with Gasteiger partial charge >= 0.3 is 23.5 Å². The number of hydrogen-bond donors (Lipinski definition) is 1. The van der Waals surface area contributed by atoms with E-state index >= 15 is 0 Å². The average molecular weight is 312 g/mol. The van der Waals surface area contributed by atoms with Crippen LogP contribution in [0, 0.1) is 5.92 Å². The lowest BCUT2D eigenvalue weighted by Gasteiger charge is -2.18. The molecule has 2 unspecified atom stereocenters. The smallest absolute Gasteiger partial charge is 0.402 e. The van der Waals surface area contributed by atoms with Crippen LogP contribution in [0.4, 0.5) is 13.2 Å². The molecule has 1 N–H and O–H groups in total. The molecule has 9 heteroatoms. The maximum absolute atomic E-state index is 12.8. The quantitative estimate of drug-likeness (QED) is 0.494. The van der Waals surface area contributed by atoms with Crippen molar-refractivity contribution in [2.45, 2.75) is 12.6 Å². The predicted octanol–water partition coefficient (Wildman–Crippen LogP) is 2.06. The van der Waals surface area contributed by atoms with Crippen LogP contribution in [0.5, 0.6) is 0 Å². The number of benzene rings is 1. The van der Waals surface area contributed by atoms with Crippen LogP contribution >= 0.6 is 0 Å². The molecule has 0 fully saturated rings. The lowest BCUT2D eigenvalue weighted by atomic mass is 9.99. The van der Waals surface area contributed by atoms with Gasteiger partial charge in [-0.3, -0.25) is 9.35 Å². The van der Waals surface area contributed by atoms with E-state index in [1.54, 1.807) is 18.2 Å². The zero-order chi connectivity index (χ0) is 15.2. The van der Waals surface area contributed by atoms with Crippen LogP contribution in [0.25, 0.3) is 0 Å². The summed E-state index contributed by atoms with van der Waals surface area (Å²) in [6.07, 6.45) is -5.36. The molecule has 2 atom stereocenters. The summed E-state index contributed by atoms with van der Waals surface area (Å²) in [7, 11) is 0. The fourth-order valence-electron chi connectivity index (χ4n) is 1.41. The Hall–Kier alpha value is -1.45. The van der Waals surface area contributed by atoms with Crippen LogP contribution in [0.2, 0.25) is 0 Å². The van der Waals surface area contributed by atoms with E-state index in [0.717, 1.165) is 0 Å². The van der Waals surface area contributed by atoms with Crippen molar-refractivity contribution in [3.8, 4) is 0 Å². The summed E-state index contributed by atoms with van der Waals surface area (Å²) < 4.78 is 64.8. The van der Waals surface area contributed by atoms with Crippen LogP contribution in [0.3, 0.4) is 0 Å². The molecule has 0 aromatic heterocycles. The molecule has 1 rings (SSSR count). The Bertz CT molecular complexity index is 463. The largest absolute Gasteiger partial charge is 0.437 e. The summed E-state index contributed by atoms with van der Waals surface area (Å²) in [6.45, 7) is -1.02. The number of halogens is 3. The van der Waals surface area contributed by atoms with Gasteiger partial charge in [0.15, 0.2) is 5.92 Å². The van der Waals surface area contributed by atoms with E-state index in [1.165, 1.54) is 12.1 Å². The number of esters is 1. The fourth-order valence-corrected chi connectivity index (χ4v) is 1.54. The number of carbonyl (C=O) groups is 1. The van der Waals surface area contributed by atoms with E-state index in [0.29, 0.717) is 5.56 Å². The van der Waals surface area contributed by atoms with Crippen LogP contribution in [-0.4, -0.2) is 27.7 Å². The second-order valence-electron chi connectivity index (χ2n) is 3.70. The zero-order valence-corrected chi connectivity index (χ0v) is 10.8. The number of carbonyl (C=O) groups excluding carboxylic acids is 1. The van der Waals surface area contributed by atoms with Crippen LogP contribution in [0.15, 0.2) is 30.3 Å². The summed E-state index contributed by atoms with van der Waals surface area (Å²) in [5, 5.41) is 0. The molecule has 0 saturated heterocycles. The van der Waals surface area contributed by atoms with E-state index in [-0.39, 0.29) is 0 Å². The normalized spacial score (nSPS) is 14.6. The number of rotatable bonds is 6. The highest BCUT2D eigenvalue weighted by atomic mass is 32.2. The Morgan fingerprint density at radius 1 is 1.30 bits per heavy atom. The molecule has 0 spiro atoms. The van der Waals surface area contributed by atoms with Crippen molar-refractivity contribution in [1.82, 2.24) is 0 Å². The molecule has 0 bridgehead atoms. The van der Waals surface area contributed by atoms with Crippen molar-refractivity contribution in [2.24, 2.45) is 5.92 Å². The zero-order valence-electron chi connectivity index (χ0n) is 10.0. The van der Waals surface area contributed by atoms with Gasteiger partial charge in [0.05, 0.1) is 0 Å². The minimum atomic E-state index is -4.79. The van der Waals surface area contributed by atoms with E-state index in [9.17, 15) is 22.2 Å². The topological polar surface area (TPSA) is 72.8 Å². The Kier molecular flexibility index (Phi) is 6.11. The second kappa shape index (κ2) is 7.36. The molecule has 5 nitrogen and oxygen atoms in total. The monoisotopic (exact) mass is 312 g/mol. The molecule has 0 aliphatic carbocycles. The van der Waals surface area contributed by atoms with Gasteiger partial charge in [-0.2, -0.15) is 17.4 Å². The minimum Gasteiger partial charge on any atom is -0.437 e. The average Bonchev–Trinajstić information content (AvgIpc) is 2.35. The maximum Gasteiger partial charge on any atom is 0.402 e. The Morgan fingerprint density at radius 2 is 1.90 bits per heavy atom. The third kappa shape index (κ3) is 5.68. The lowest BCUT2D eigenvalue weighted by molar-refractivity contribution is -0.200. The summed E-state index contributed by atoms with van der Waals surface area (Å²) in [6, 6.07) is 7.63. The van der Waals surface area contributed by atoms with Crippen molar-refractivity contribution in [2.75, 3.05) is 6.79 Å². The van der Waals surface area contributed by atoms with E-state index in [2.05, 4.69) is 8.92 Å². The van der Waals surface area contributed by atoms with Gasteiger partial charge in [0, 0.05) is 0 Å². The van der Waals surface area contributed by atoms with Gasteiger partial charge in [-0.05, 0) is 12.0 Å². The molecule has 112 valence electrons. The molecule has 0 heterocycles. The standard InChI is InChI=1S/C11H11F3O5S/c12-11(13,14)9(6-8-4-2-1-3-5-8)10(15)18-7-19-20(16)17/h1-5,9H,6-7H2,(H,16,17). The highest BCUT2D eigenvalue weighted by molar-refractivity contribution is 7.74. The van der Waals surface area contributed by atoms with Crippen molar-refractivity contribution in [3.05, 3.63) is 35.9 Å². The van der Waals surface area contributed by atoms with Gasteiger partial charge in [0.2, 0.25) is 6.79 Å². The summed E-state index contributed by atoms with van der Waals surface area (Å²) >= 11 is -2.71. The van der Waals surface area contributed by atoms with E-state index < -0.39 is 42.6 Å². The number of ether oxygens (including phenoxy) is 1. The van der Waals surface area contributed by atoms with E-state index in [4.69, 9.17) is 4.55 Å². The van der Waals surface area contributed by atoms with Crippen molar-refractivity contribution in [1.29, 1.82) is 0 Å². The summed E-state index contributed by atoms with van der Waals surface area (Å²) in [5.74, 6) is -3.92. The molecule has 0 amide bonds. The lowest BCUT2D eigenvalue weighted by Crippen LogP contribution is -2.34. The highest BCUT2D eigenvalue weighted by Gasteiger charge is 2.45. The van der Waals surface area contributed by atoms with Crippen molar-refractivity contribution in [3.63, 3.8) is 0 Å². The fraction of sp³-hybridized carbons (Fsp3) is 0.364. The molecule has 20 heavy (non-hydrogen) atoms. The van der Waals surface area contributed by atoms with E-state index in [1.807, 2.05) is 0 Å². The number of hydrogen-bond acceptors (Lipinski definition) is 4. The van der Waals surface area contributed by atoms with Crippen LogP contribution < -0.4 is 0 Å². The first-order valence-electron chi connectivity index (χ1n) is 5.32. The molecular weight excluding hydrogens is 301 g/mol. The number of alkyl halides is 3. The Balaban J connectivity index is 2.70. The SMILES string of the molecule is O=C(OCOS(=O)O)C(Cc1ccccc1)C(F)(F)F. The molecule has 1 aromatic carbocycles. The van der Waals surface area contributed by atoms with Gasteiger partial charge in [-0.15, -0.1) is 0 Å². The summed E-state index contributed by atoms with van der Waals surface area (Å²) in [5.41, 5.74) is 0.318. The molecule has 0 radical (unpaired) electrons. The first-order valence-corrected chi connectivity index (χ1v) is 6.35. The highest BCUT2D eigenvalue weighted by Crippen LogP contribution is 2.30. The van der Waals surface area contributed by atoms with Gasteiger partial charge in [-0.1, -0.05) is 30.3 Å². The molecule has 0 saturated carbocycles. The predicted molar refractivity (Wildman–Crippen MR) is 62.5 cm³/mol. The first kappa shape index (κ1) is 16.6.